The fourth-order valence-corrected chi connectivity index (χ4v) is 6.33. The minimum absolute atomic E-state index is 0.366. The van der Waals surface area contributed by atoms with Crippen LogP contribution in [0.3, 0.4) is 0 Å². The highest BCUT2D eigenvalue weighted by Crippen LogP contribution is 2.63. The lowest BCUT2D eigenvalue weighted by atomic mass is 9.70. The van der Waals surface area contributed by atoms with Crippen molar-refractivity contribution >= 4 is 0 Å². The normalized spacial score (nSPS) is 16.6. The largest absolute Gasteiger partial charge is 0.192 e. The summed E-state index contributed by atoms with van der Waals surface area (Å²) in [5.41, 5.74) is 13.6. The summed E-state index contributed by atoms with van der Waals surface area (Å²) in [6, 6.07) is 31.6. The first-order chi connectivity index (χ1) is 16.7. The van der Waals surface area contributed by atoms with Crippen molar-refractivity contribution in [2.45, 2.75) is 51.4 Å². The highest BCUT2D eigenvalue weighted by Gasteiger charge is 2.51. The molecule has 166 valence electrons. The van der Waals surface area contributed by atoms with Gasteiger partial charge in [-0.1, -0.05) is 98.5 Å². The molecule has 1 nitrogen and oxygen atoms in total. The Morgan fingerprint density at radius 2 is 1.35 bits per heavy atom. The molecular formula is C33H29N. The van der Waals surface area contributed by atoms with Gasteiger partial charge in [-0.05, 0) is 82.0 Å². The molecule has 0 saturated carbocycles. The molecule has 0 radical (unpaired) electrons. The van der Waals surface area contributed by atoms with Crippen molar-refractivity contribution in [1.29, 1.82) is 5.26 Å². The Kier molecular flexibility index (Phi) is 4.93. The van der Waals surface area contributed by atoms with Crippen LogP contribution >= 0.6 is 0 Å². The van der Waals surface area contributed by atoms with Crippen LogP contribution in [0, 0.1) is 18.3 Å². The molecule has 0 amide bonds. The minimum atomic E-state index is -0.366. The standard InChI is InChI=1S/C33H29N/c1-3-4-5-6-9-23-13-16-27-28-17-14-24(21-34)20-32(28)33(31(27)19-23)29-11-8-7-10-25(29)26-15-12-22(2)18-30(26)33/h7-8,10-20H,3-6,9H2,1-2H3. The second-order valence-electron chi connectivity index (χ2n) is 9.91. The zero-order valence-electron chi connectivity index (χ0n) is 20.0. The van der Waals surface area contributed by atoms with Crippen LogP contribution in [-0.2, 0) is 11.8 Å². The lowest BCUT2D eigenvalue weighted by molar-refractivity contribution is 0.666. The number of hydrogen-bond acceptors (Lipinski definition) is 1. The topological polar surface area (TPSA) is 23.8 Å². The van der Waals surface area contributed by atoms with E-state index in [1.165, 1.54) is 81.3 Å². The van der Waals surface area contributed by atoms with Crippen LogP contribution in [0.1, 0.15) is 71.6 Å². The highest BCUT2D eigenvalue weighted by atomic mass is 14.5. The summed E-state index contributed by atoms with van der Waals surface area (Å²) in [5.74, 6) is 0. The molecule has 0 fully saturated rings. The number of nitriles is 1. The maximum absolute atomic E-state index is 9.79. The van der Waals surface area contributed by atoms with Crippen molar-refractivity contribution in [3.05, 3.63) is 118 Å². The Labute approximate surface area is 202 Å². The second-order valence-corrected chi connectivity index (χ2v) is 9.91. The van der Waals surface area contributed by atoms with Crippen molar-refractivity contribution < 1.29 is 0 Å². The molecule has 0 N–H and O–H groups in total. The van der Waals surface area contributed by atoms with Crippen molar-refractivity contribution in [3.8, 4) is 28.3 Å². The van der Waals surface area contributed by atoms with Gasteiger partial charge >= 0.3 is 0 Å². The van der Waals surface area contributed by atoms with Gasteiger partial charge in [-0.2, -0.15) is 5.26 Å². The average Bonchev–Trinajstić information content (AvgIpc) is 3.32. The van der Waals surface area contributed by atoms with E-state index in [1.807, 2.05) is 6.07 Å². The predicted octanol–water partition coefficient (Wildman–Crippen LogP) is 8.33. The summed E-state index contributed by atoms with van der Waals surface area (Å²) >= 11 is 0. The van der Waals surface area contributed by atoms with Gasteiger partial charge in [0, 0.05) is 0 Å². The Morgan fingerprint density at radius 3 is 2.15 bits per heavy atom. The average molecular weight is 440 g/mol. The quantitative estimate of drug-likeness (QED) is 0.248. The molecule has 0 heterocycles. The van der Waals surface area contributed by atoms with Gasteiger partial charge in [-0.25, -0.2) is 0 Å². The second kappa shape index (κ2) is 8.00. The smallest absolute Gasteiger partial charge is 0.0991 e. The van der Waals surface area contributed by atoms with E-state index in [0.717, 1.165) is 12.0 Å². The molecule has 4 aromatic rings. The van der Waals surface area contributed by atoms with Gasteiger partial charge in [0.15, 0.2) is 0 Å². The molecule has 0 saturated heterocycles. The van der Waals surface area contributed by atoms with Gasteiger partial charge in [0.2, 0.25) is 0 Å². The number of rotatable bonds is 5. The Bertz CT molecular complexity index is 1470. The van der Waals surface area contributed by atoms with E-state index in [-0.39, 0.29) is 5.41 Å². The van der Waals surface area contributed by atoms with Crippen LogP contribution in [0.4, 0.5) is 0 Å². The maximum Gasteiger partial charge on any atom is 0.0991 e. The van der Waals surface area contributed by atoms with Crippen LogP contribution in [0.25, 0.3) is 22.3 Å². The molecule has 0 bridgehead atoms. The molecule has 0 aromatic heterocycles. The molecule has 34 heavy (non-hydrogen) atoms. The molecule has 0 aliphatic heterocycles. The van der Waals surface area contributed by atoms with E-state index in [2.05, 4.69) is 92.7 Å². The zero-order chi connectivity index (χ0) is 23.3. The van der Waals surface area contributed by atoms with Crippen molar-refractivity contribution in [3.63, 3.8) is 0 Å². The summed E-state index contributed by atoms with van der Waals surface area (Å²) in [7, 11) is 0. The van der Waals surface area contributed by atoms with Crippen LogP contribution in [0.5, 0.6) is 0 Å². The zero-order valence-corrected chi connectivity index (χ0v) is 20.0. The summed E-state index contributed by atoms with van der Waals surface area (Å²) in [6.45, 7) is 4.45. The Balaban J connectivity index is 1.66. The lowest BCUT2D eigenvalue weighted by Gasteiger charge is -2.31. The first kappa shape index (κ1) is 20.9. The number of nitrogens with zero attached hydrogens (tertiary/aromatic N) is 1. The summed E-state index contributed by atoms with van der Waals surface area (Å²) < 4.78 is 0. The third-order valence-electron chi connectivity index (χ3n) is 7.85. The molecule has 2 aliphatic carbocycles. The molecule has 2 aliphatic rings. The molecule has 6 rings (SSSR count). The molecule has 1 atom stereocenters. The fourth-order valence-electron chi connectivity index (χ4n) is 6.33. The minimum Gasteiger partial charge on any atom is -0.192 e. The number of fused-ring (bicyclic) bond motifs is 10. The monoisotopic (exact) mass is 439 g/mol. The predicted molar refractivity (Wildman–Crippen MR) is 140 cm³/mol. The van der Waals surface area contributed by atoms with E-state index in [4.69, 9.17) is 0 Å². The fraction of sp³-hybridized carbons (Fsp3) is 0.242. The van der Waals surface area contributed by atoms with Crippen LogP contribution in [-0.4, -0.2) is 0 Å². The number of unbranched alkanes of at least 4 members (excludes halogenated alkanes) is 3. The maximum atomic E-state index is 9.79. The number of hydrogen-bond donors (Lipinski definition) is 0. The van der Waals surface area contributed by atoms with E-state index in [0.29, 0.717) is 0 Å². The third kappa shape index (κ3) is 2.85. The van der Waals surface area contributed by atoms with Gasteiger partial charge in [0.25, 0.3) is 0 Å². The highest BCUT2D eigenvalue weighted by molar-refractivity contribution is 5.95. The van der Waals surface area contributed by atoms with Gasteiger partial charge < -0.3 is 0 Å². The van der Waals surface area contributed by atoms with Crippen molar-refractivity contribution in [1.82, 2.24) is 0 Å². The SMILES string of the molecule is CCCCCCc1ccc2c(c1)C1(c3ccccc3-c3ccc(C)cc31)c1cc(C#N)ccc1-2. The van der Waals surface area contributed by atoms with Gasteiger partial charge in [0.1, 0.15) is 0 Å². The summed E-state index contributed by atoms with van der Waals surface area (Å²) in [4.78, 5) is 0. The van der Waals surface area contributed by atoms with Gasteiger partial charge in [0.05, 0.1) is 17.0 Å². The first-order valence-electron chi connectivity index (χ1n) is 12.6. The molecule has 4 aromatic carbocycles. The molecule has 1 heteroatoms. The third-order valence-corrected chi connectivity index (χ3v) is 7.85. The number of benzene rings is 4. The van der Waals surface area contributed by atoms with E-state index in [1.54, 1.807) is 0 Å². The molecule has 1 unspecified atom stereocenters. The van der Waals surface area contributed by atoms with Gasteiger partial charge in [-0.15, -0.1) is 0 Å². The van der Waals surface area contributed by atoms with Crippen LogP contribution in [0.2, 0.25) is 0 Å². The number of aryl methyl sites for hydroxylation is 2. The summed E-state index contributed by atoms with van der Waals surface area (Å²) in [6.07, 6.45) is 6.20. The van der Waals surface area contributed by atoms with E-state index >= 15 is 0 Å². The van der Waals surface area contributed by atoms with Crippen LogP contribution in [0.15, 0.2) is 78.9 Å². The van der Waals surface area contributed by atoms with E-state index in [9.17, 15) is 5.26 Å². The van der Waals surface area contributed by atoms with Gasteiger partial charge in [-0.3, -0.25) is 0 Å². The van der Waals surface area contributed by atoms with E-state index < -0.39 is 0 Å². The Hall–Kier alpha value is -3.63. The first-order valence-corrected chi connectivity index (χ1v) is 12.6. The van der Waals surface area contributed by atoms with Crippen molar-refractivity contribution in [2.24, 2.45) is 0 Å². The summed E-state index contributed by atoms with van der Waals surface area (Å²) in [5, 5.41) is 9.79. The molecular weight excluding hydrogens is 410 g/mol. The van der Waals surface area contributed by atoms with Crippen molar-refractivity contribution in [2.75, 3.05) is 0 Å². The molecule has 1 spiro atoms. The Morgan fingerprint density at radius 1 is 0.676 bits per heavy atom. The van der Waals surface area contributed by atoms with Crippen LogP contribution < -0.4 is 0 Å². The lowest BCUT2D eigenvalue weighted by Crippen LogP contribution is -2.26.